The fraction of sp³-hybridized carbons (Fsp3) is 0.308. The van der Waals surface area contributed by atoms with Gasteiger partial charge < -0.3 is 4.74 Å². The van der Waals surface area contributed by atoms with Crippen molar-refractivity contribution in [2.75, 3.05) is 7.11 Å². The topological polar surface area (TPSA) is 26.3 Å². The van der Waals surface area contributed by atoms with E-state index in [9.17, 15) is 4.79 Å². The van der Waals surface area contributed by atoms with Crippen molar-refractivity contribution in [3.8, 4) is 5.75 Å². The normalized spacial score (nSPS) is 14.9. The maximum atomic E-state index is 11.9. The first kappa shape index (κ1) is 9.97. The minimum absolute atomic E-state index is 0.162. The quantitative estimate of drug-likeness (QED) is 0.704. The van der Waals surface area contributed by atoms with Crippen LogP contribution in [-0.4, -0.2) is 12.9 Å². The largest absolute Gasteiger partial charge is 0.497 e. The van der Waals surface area contributed by atoms with Gasteiger partial charge in [-0.2, -0.15) is 0 Å². The van der Waals surface area contributed by atoms with Gasteiger partial charge in [0.1, 0.15) is 5.75 Å². The molecule has 0 spiro atoms. The molecule has 15 heavy (non-hydrogen) atoms. The molecule has 78 valence electrons. The molecule has 1 aromatic carbocycles. The summed E-state index contributed by atoms with van der Waals surface area (Å²) in [6.07, 6.45) is 5.12. The highest BCUT2D eigenvalue weighted by Gasteiger charge is 2.14. The highest BCUT2D eigenvalue weighted by Crippen LogP contribution is 2.22. The number of allylic oxidation sites excluding steroid dienone is 2. The van der Waals surface area contributed by atoms with Crippen LogP contribution in [0.5, 0.6) is 5.75 Å². The third-order valence-corrected chi connectivity index (χ3v) is 2.68. The molecule has 0 N–H and O–H groups in total. The molecule has 0 aromatic heterocycles. The molecule has 1 aliphatic rings. The van der Waals surface area contributed by atoms with Crippen molar-refractivity contribution in [2.45, 2.75) is 19.3 Å². The monoisotopic (exact) mass is 202 g/mol. The smallest absolute Gasteiger partial charge is 0.188 e. The van der Waals surface area contributed by atoms with Crippen molar-refractivity contribution >= 4 is 5.78 Å². The highest BCUT2D eigenvalue weighted by atomic mass is 16.5. The maximum absolute atomic E-state index is 11.9. The van der Waals surface area contributed by atoms with Crippen LogP contribution in [0, 0.1) is 0 Å². The van der Waals surface area contributed by atoms with E-state index in [-0.39, 0.29) is 5.78 Å². The van der Waals surface area contributed by atoms with Gasteiger partial charge >= 0.3 is 0 Å². The Labute approximate surface area is 89.6 Å². The first-order valence-electron chi connectivity index (χ1n) is 5.19. The van der Waals surface area contributed by atoms with Crippen molar-refractivity contribution in [3.63, 3.8) is 0 Å². The number of carbonyl (C=O) groups is 1. The molecule has 0 atom stereocenters. The summed E-state index contributed by atoms with van der Waals surface area (Å²) in [6.45, 7) is 0. The van der Waals surface area contributed by atoms with Gasteiger partial charge in [-0.25, -0.2) is 0 Å². The summed E-state index contributed by atoms with van der Waals surface area (Å²) in [6, 6.07) is 7.28. The maximum Gasteiger partial charge on any atom is 0.188 e. The fourth-order valence-corrected chi connectivity index (χ4v) is 1.80. The van der Waals surface area contributed by atoms with E-state index in [1.54, 1.807) is 7.11 Å². The van der Waals surface area contributed by atoms with Crippen LogP contribution in [0.2, 0.25) is 0 Å². The zero-order chi connectivity index (χ0) is 10.7. The second kappa shape index (κ2) is 4.30. The highest BCUT2D eigenvalue weighted by molar-refractivity contribution is 6.08. The molecule has 0 bridgehead atoms. The lowest BCUT2D eigenvalue weighted by Crippen LogP contribution is -2.01. The minimum atomic E-state index is 0.162. The Morgan fingerprint density at radius 1 is 1.27 bits per heavy atom. The number of benzene rings is 1. The van der Waals surface area contributed by atoms with E-state index in [1.807, 2.05) is 30.3 Å². The Morgan fingerprint density at radius 2 is 2.00 bits per heavy atom. The summed E-state index contributed by atoms with van der Waals surface area (Å²) in [5.74, 6) is 0.946. The lowest BCUT2D eigenvalue weighted by Gasteiger charge is -2.03. The van der Waals surface area contributed by atoms with Crippen LogP contribution in [0.25, 0.3) is 0 Å². The first-order valence-corrected chi connectivity index (χ1v) is 5.19. The van der Waals surface area contributed by atoms with Crippen molar-refractivity contribution < 1.29 is 9.53 Å². The summed E-state index contributed by atoms with van der Waals surface area (Å²) in [5, 5.41) is 0. The van der Waals surface area contributed by atoms with E-state index in [0.717, 1.165) is 36.1 Å². The number of Topliss-reactive ketones (excluding diaryl/α,β-unsaturated/α-hetero) is 1. The number of hydrogen-bond acceptors (Lipinski definition) is 2. The van der Waals surface area contributed by atoms with Gasteiger partial charge in [0, 0.05) is 5.56 Å². The van der Waals surface area contributed by atoms with Crippen molar-refractivity contribution in [1.29, 1.82) is 0 Å². The van der Waals surface area contributed by atoms with E-state index in [1.165, 1.54) is 0 Å². The van der Waals surface area contributed by atoms with Gasteiger partial charge in [0.2, 0.25) is 0 Å². The minimum Gasteiger partial charge on any atom is -0.497 e. The SMILES string of the molecule is COc1ccc(C(=O)C2=CCCC2)cc1. The second-order valence-corrected chi connectivity index (χ2v) is 3.68. The number of carbonyl (C=O) groups excluding carboxylic acids is 1. The Morgan fingerprint density at radius 3 is 2.53 bits per heavy atom. The summed E-state index contributed by atoms with van der Waals surface area (Å²) < 4.78 is 5.05. The summed E-state index contributed by atoms with van der Waals surface area (Å²) in [4.78, 5) is 11.9. The molecule has 2 rings (SSSR count). The number of rotatable bonds is 3. The lowest BCUT2D eigenvalue weighted by molar-refractivity contribution is 0.103. The molecule has 2 heteroatoms. The Bertz CT molecular complexity index is 388. The number of ketones is 1. The van der Waals surface area contributed by atoms with Crippen molar-refractivity contribution in [1.82, 2.24) is 0 Å². The third-order valence-electron chi connectivity index (χ3n) is 2.68. The van der Waals surface area contributed by atoms with Gasteiger partial charge in [0.05, 0.1) is 7.11 Å². The van der Waals surface area contributed by atoms with Crippen LogP contribution in [0.15, 0.2) is 35.9 Å². The molecular weight excluding hydrogens is 188 g/mol. The average Bonchev–Trinajstić information content (AvgIpc) is 2.82. The van der Waals surface area contributed by atoms with Gasteiger partial charge in [-0.3, -0.25) is 4.79 Å². The van der Waals surface area contributed by atoms with Crippen LogP contribution in [0.1, 0.15) is 29.6 Å². The van der Waals surface area contributed by atoms with Crippen LogP contribution in [0.4, 0.5) is 0 Å². The van der Waals surface area contributed by atoms with E-state index in [2.05, 4.69) is 0 Å². The third kappa shape index (κ3) is 2.09. The van der Waals surface area contributed by atoms with Gasteiger partial charge in [0.25, 0.3) is 0 Å². The fourth-order valence-electron chi connectivity index (χ4n) is 1.80. The molecule has 0 saturated carbocycles. The first-order chi connectivity index (χ1) is 7.31. The molecule has 0 amide bonds. The average molecular weight is 202 g/mol. The summed E-state index contributed by atoms with van der Waals surface area (Å²) in [7, 11) is 1.62. The van der Waals surface area contributed by atoms with E-state index in [0.29, 0.717) is 0 Å². The molecule has 1 aromatic rings. The Balaban J connectivity index is 2.18. The van der Waals surface area contributed by atoms with E-state index < -0.39 is 0 Å². The number of hydrogen-bond donors (Lipinski definition) is 0. The molecule has 0 heterocycles. The molecule has 0 saturated heterocycles. The predicted molar refractivity (Wildman–Crippen MR) is 59.3 cm³/mol. The lowest BCUT2D eigenvalue weighted by atomic mass is 10.0. The van der Waals surface area contributed by atoms with Gasteiger partial charge in [-0.1, -0.05) is 6.08 Å². The molecule has 0 unspecified atom stereocenters. The van der Waals surface area contributed by atoms with Gasteiger partial charge in [-0.05, 0) is 49.1 Å². The summed E-state index contributed by atoms with van der Waals surface area (Å²) >= 11 is 0. The summed E-state index contributed by atoms with van der Waals surface area (Å²) in [5.41, 5.74) is 1.71. The molecule has 0 aliphatic heterocycles. The molecule has 1 aliphatic carbocycles. The van der Waals surface area contributed by atoms with Gasteiger partial charge in [-0.15, -0.1) is 0 Å². The Hall–Kier alpha value is -1.57. The molecular formula is C13H14O2. The molecule has 2 nitrogen and oxygen atoms in total. The Kier molecular flexibility index (Phi) is 2.86. The molecule has 0 fully saturated rings. The number of ether oxygens (including phenoxy) is 1. The van der Waals surface area contributed by atoms with Crippen molar-refractivity contribution in [2.24, 2.45) is 0 Å². The van der Waals surface area contributed by atoms with Crippen LogP contribution >= 0.6 is 0 Å². The standard InChI is InChI=1S/C13H14O2/c1-15-12-8-6-11(7-9-12)13(14)10-4-2-3-5-10/h4,6-9H,2-3,5H2,1H3. The van der Waals surface area contributed by atoms with E-state index in [4.69, 9.17) is 4.74 Å². The van der Waals surface area contributed by atoms with Crippen LogP contribution in [-0.2, 0) is 0 Å². The van der Waals surface area contributed by atoms with E-state index >= 15 is 0 Å². The predicted octanol–water partition coefficient (Wildman–Crippen LogP) is 2.99. The zero-order valence-corrected chi connectivity index (χ0v) is 8.82. The zero-order valence-electron chi connectivity index (χ0n) is 8.82. The van der Waals surface area contributed by atoms with Gasteiger partial charge in [0.15, 0.2) is 5.78 Å². The van der Waals surface area contributed by atoms with Crippen LogP contribution in [0.3, 0.4) is 0 Å². The van der Waals surface area contributed by atoms with Crippen molar-refractivity contribution in [3.05, 3.63) is 41.5 Å². The number of methoxy groups -OCH3 is 1. The second-order valence-electron chi connectivity index (χ2n) is 3.68. The molecule has 0 radical (unpaired) electrons. The van der Waals surface area contributed by atoms with Crippen LogP contribution < -0.4 is 4.74 Å².